The van der Waals surface area contributed by atoms with Gasteiger partial charge in [0.2, 0.25) is 0 Å². The second kappa shape index (κ2) is 4.65. The first-order valence-corrected chi connectivity index (χ1v) is 5.40. The summed E-state index contributed by atoms with van der Waals surface area (Å²) in [6.07, 6.45) is -4.49. The molecule has 0 aliphatic rings. The van der Waals surface area contributed by atoms with Crippen molar-refractivity contribution in [2.24, 2.45) is 0 Å². The molecule has 0 radical (unpaired) electrons. The standard InChI is InChI=1S/C14H9F3N2/c15-14(16,17)11-6-2-1-5-10(11)13-9(8-18)4-3-7-12(13)19/h1-7H,19H2. The van der Waals surface area contributed by atoms with Crippen molar-refractivity contribution in [1.29, 1.82) is 5.26 Å². The van der Waals surface area contributed by atoms with Crippen LogP contribution >= 0.6 is 0 Å². The lowest BCUT2D eigenvalue weighted by atomic mass is 9.94. The molecule has 0 saturated heterocycles. The quantitative estimate of drug-likeness (QED) is 0.794. The molecule has 2 rings (SSSR count). The Labute approximate surface area is 107 Å². The number of nitrogens with two attached hydrogens (primary N) is 1. The number of hydrogen-bond donors (Lipinski definition) is 1. The average Bonchev–Trinajstić information content (AvgIpc) is 2.37. The molecular formula is C14H9F3N2. The minimum absolute atomic E-state index is 0.0790. The summed E-state index contributed by atoms with van der Waals surface area (Å²) in [6.45, 7) is 0. The van der Waals surface area contributed by atoms with Gasteiger partial charge in [-0.15, -0.1) is 0 Å². The molecule has 96 valence electrons. The van der Waals surface area contributed by atoms with Crippen LogP contribution in [0.1, 0.15) is 11.1 Å². The van der Waals surface area contributed by atoms with E-state index in [9.17, 15) is 13.2 Å². The second-order valence-corrected chi connectivity index (χ2v) is 3.92. The molecule has 0 saturated carbocycles. The average molecular weight is 262 g/mol. The molecule has 2 nitrogen and oxygen atoms in total. The van der Waals surface area contributed by atoms with Gasteiger partial charge in [-0.05, 0) is 23.8 Å². The summed E-state index contributed by atoms with van der Waals surface area (Å²) in [6, 6.07) is 11.4. The molecular weight excluding hydrogens is 253 g/mol. The van der Waals surface area contributed by atoms with Crippen LogP contribution in [0.4, 0.5) is 18.9 Å². The Hall–Kier alpha value is -2.48. The van der Waals surface area contributed by atoms with Crippen LogP contribution in [0.2, 0.25) is 0 Å². The summed E-state index contributed by atoms with van der Waals surface area (Å²) >= 11 is 0. The van der Waals surface area contributed by atoms with Gasteiger partial charge in [0.15, 0.2) is 0 Å². The fraction of sp³-hybridized carbons (Fsp3) is 0.0714. The molecule has 0 bridgehead atoms. The van der Waals surface area contributed by atoms with Gasteiger partial charge >= 0.3 is 6.18 Å². The molecule has 0 unspecified atom stereocenters. The van der Waals surface area contributed by atoms with Gasteiger partial charge in [0, 0.05) is 11.3 Å². The Morgan fingerprint density at radius 1 is 1.00 bits per heavy atom. The lowest BCUT2D eigenvalue weighted by Gasteiger charge is -2.15. The normalized spacial score (nSPS) is 11.1. The highest BCUT2D eigenvalue weighted by Crippen LogP contribution is 2.40. The van der Waals surface area contributed by atoms with Crippen LogP contribution in [0.25, 0.3) is 11.1 Å². The van der Waals surface area contributed by atoms with E-state index in [0.717, 1.165) is 6.07 Å². The van der Waals surface area contributed by atoms with Crippen molar-refractivity contribution in [2.75, 3.05) is 5.73 Å². The third-order valence-electron chi connectivity index (χ3n) is 2.72. The van der Waals surface area contributed by atoms with E-state index in [1.165, 1.54) is 36.4 Å². The van der Waals surface area contributed by atoms with Gasteiger partial charge in [0.25, 0.3) is 0 Å². The third kappa shape index (κ3) is 2.38. The van der Waals surface area contributed by atoms with Crippen molar-refractivity contribution in [1.82, 2.24) is 0 Å². The van der Waals surface area contributed by atoms with Gasteiger partial charge in [0.1, 0.15) is 0 Å². The first-order chi connectivity index (χ1) is 8.95. The van der Waals surface area contributed by atoms with Crippen LogP contribution in [-0.2, 0) is 6.18 Å². The zero-order valence-corrected chi connectivity index (χ0v) is 9.70. The maximum Gasteiger partial charge on any atom is 0.417 e. The molecule has 0 amide bonds. The molecule has 0 spiro atoms. The number of rotatable bonds is 1. The fourth-order valence-corrected chi connectivity index (χ4v) is 1.91. The second-order valence-electron chi connectivity index (χ2n) is 3.92. The molecule has 2 aromatic carbocycles. The maximum absolute atomic E-state index is 13.0. The summed E-state index contributed by atoms with van der Waals surface area (Å²) in [7, 11) is 0. The molecule has 0 atom stereocenters. The monoisotopic (exact) mass is 262 g/mol. The van der Waals surface area contributed by atoms with Crippen molar-refractivity contribution in [2.45, 2.75) is 6.18 Å². The van der Waals surface area contributed by atoms with Crippen molar-refractivity contribution in [3.05, 3.63) is 53.6 Å². The minimum Gasteiger partial charge on any atom is -0.398 e. The lowest BCUT2D eigenvalue weighted by molar-refractivity contribution is -0.137. The Balaban J connectivity index is 2.78. The largest absolute Gasteiger partial charge is 0.417 e. The molecule has 0 aliphatic carbocycles. The fourth-order valence-electron chi connectivity index (χ4n) is 1.91. The summed E-state index contributed by atoms with van der Waals surface area (Å²) in [5.74, 6) is 0. The van der Waals surface area contributed by atoms with E-state index in [0.29, 0.717) is 0 Å². The molecule has 2 N–H and O–H groups in total. The first-order valence-electron chi connectivity index (χ1n) is 5.40. The van der Waals surface area contributed by atoms with Gasteiger partial charge in [-0.2, -0.15) is 18.4 Å². The van der Waals surface area contributed by atoms with Crippen LogP contribution in [0, 0.1) is 11.3 Å². The minimum atomic E-state index is -4.49. The maximum atomic E-state index is 13.0. The molecule has 2 aromatic rings. The van der Waals surface area contributed by atoms with Crippen LogP contribution in [-0.4, -0.2) is 0 Å². The topological polar surface area (TPSA) is 49.8 Å². The van der Waals surface area contributed by atoms with Gasteiger partial charge in [0.05, 0.1) is 17.2 Å². The predicted octanol–water partition coefficient (Wildman–Crippen LogP) is 3.83. The number of alkyl halides is 3. The van der Waals surface area contributed by atoms with E-state index in [1.54, 1.807) is 0 Å². The van der Waals surface area contributed by atoms with Gasteiger partial charge in [-0.1, -0.05) is 24.3 Å². The van der Waals surface area contributed by atoms with E-state index < -0.39 is 11.7 Å². The van der Waals surface area contributed by atoms with Crippen LogP contribution < -0.4 is 5.73 Å². The van der Waals surface area contributed by atoms with Crippen LogP contribution in [0.3, 0.4) is 0 Å². The Bertz CT molecular complexity index is 654. The van der Waals surface area contributed by atoms with Crippen LogP contribution in [0.5, 0.6) is 0 Å². The predicted molar refractivity (Wildman–Crippen MR) is 66.0 cm³/mol. The molecule has 0 heterocycles. The van der Waals surface area contributed by atoms with E-state index in [4.69, 9.17) is 11.0 Å². The number of hydrogen-bond acceptors (Lipinski definition) is 2. The highest BCUT2D eigenvalue weighted by Gasteiger charge is 2.34. The zero-order chi connectivity index (χ0) is 14.0. The van der Waals surface area contributed by atoms with Crippen molar-refractivity contribution >= 4 is 5.69 Å². The van der Waals surface area contributed by atoms with Gasteiger partial charge in [-0.25, -0.2) is 0 Å². The summed E-state index contributed by atoms with van der Waals surface area (Å²) < 4.78 is 38.9. The zero-order valence-electron chi connectivity index (χ0n) is 9.70. The third-order valence-corrected chi connectivity index (χ3v) is 2.72. The van der Waals surface area contributed by atoms with Gasteiger partial charge in [-0.3, -0.25) is 0 Å². The van der Waals surface area contributed by atoms with Crippen molar-refractivity contribution < 1.29 is 13.2 Å². The highest BCUT2D eigenvalue weighted by atomic mass is 19.4. The van der Waals surface area contributed by atoms with E-state index in [1.807, 2.05) is 6.07 Å². The number of halogens is 3. The summed E-state index contributed by atoms with van der Waals surface area (Å²) in [5.41, 5.74) is 5.24. The molecule has 19 heavy (non-hydrogen) atoms. The molecule has 0 aromatic heterocycles. The van der Waals surface area contributed by atoms with Gasteiger partial charge < -0.3 is 5.73 Å². The van der Waals surface area contributed by atoms with Crippen molar-refractivity contribution in [3.63, 3.8) is 0 Å². The van der Waals surface area contributed by atoms with E-state index >= 15 is 0 Å². The number of nitriles is 1. The highest BCUT2D eigenvalue weighted by molar-refractivity contribution is 5.83. The van der Waals surface area contributed by atoms with E-state index in [-0.39, 0.29) is 22.4 Å². The Morgan fingerprint density at radius 3 is 2.32 bits per heavy atom. The number of anilines is 1. The summed E-state index contributed by atoms with van der Waals surface area (Å²) in [5, 5.41) is 9.01. The number of benzene rings is 2. The Kier molecular flexibility index (Phi) is 3.17. The smallest absolute Gasteiger partial charge is 0.398 e. The summed E-state index contributed by atoms with van der Waals surface area (Å²) in [4.78, 5) is 0. The molecule has 0 aliphatic heterocycles. The lowest BCUT2D eigenvalue weighted by Crippen LogP contribution is -2.08. The number of nitrogen functional groups attached to an aromatic ring is 1. The van der Waals surface area contributed by atoms with Crippen LogP contribution in [0.15, 0.2) is 42.5 Å². The first kappa shape index (κ1) is 13.0. The van der Waals surface area contributed by atoms with Crippen molar-refractivity contribution in [3.8, 4) is 17.2 Å². The molecule has 0 fully saturated rings. The van der Waals surface area contributed by atoms with E-state index in [2.05, 4.69) is 0 Å². The number of nitrogens with zero attached hydrogens (tertiary/aromatic N) is 1. The SMILES string of the molecule is N#Cc1cccc(N)c1-c1ccccc1C(F)(F)F. The Morgan fingerprint density at radius 2 is 1.68 bits per heavy atom. The molecule has 5 heteroatoms.